The zero-order chi connectivity index (χ0) is 22.0. The van der Waals surface area contributed by atoms with Gasteiger partial charge >= 0.3 is 6.18 Å². The van der Waals surface area contributed by atoms with Crippen molar-refractivity contribution in [3.05, 3.63) is 64.7 Å². The summed E-state index contributed by atoms with van der Waals surface area (Å²) in [7, 11) is 0. The first-order valence-corrected chi connectivity index (χ1v) is 10.1. The molecule has 4 rings (SSSR count). The van der Waals surface area contributed by atoms with Crippen molar-refractivity contribution in [2.24, 2.45) is 0 Å². The summed E-state index contributed by atoms with van der Waals surface area (Å²) in [6, 6.07) is 6.46. The fourth-order valence-corrected chi connectivity index (χ4v) is 3.82. The molecule has 0 aliphatic heterocycles. The van der Waals surface area contributed by atoms with E-state index in [1.54, 1.807) is 13.1 Å². The third kappa shape index (κ3) is 5.23. The molecule has 0 spiro atoms. The van der Waals surface area contributed by atoms with Gasteiger partial charge in [-0.3, -0.25) is 0 Å². The number of halogens is 3. The van der Waals surface area contributed by atoms with Gasteiger partial charge in [-0.25, -0.2) is 15.0 Å². The average molecular weight is 446 g/mol. The number of aromatic nitrogens is 5. The third-order valence-corrected chi connectivity index (χ3v) is 5.34. The summed E-state index contributed by atoms with van der Waals surface area (Å²) in [5.41, 5.74) is 1.42. The number of benzene rings is 1. The first-order valence-electron chi connectivity index (χ1n) is 9.29. The van der Waals surface area contributed by atoms with Crippen LogP contribution in [0.4, 0.5) is 24.8 Å². The van der Waals surface area contributed by atoms with Gasteiger partial charge in [0.05, 0.1) is 9.88 Å². The van der Waals surface area contributed by atoms with E-state index in [-0.39, 0.29) is 5.95 Å². The number of rotatable bonds is 6. The molecule has 0 unspecified atom stereocenters. The Bertz CT molecular complexity index is 1200. The molecule has 7 nitrogen and oxygen atoms in total. The molecule has 4 aromatic rings. The van der Waals surface area contributed by atoms with Crippen LogP contribution in [0.2, 0.25) is 0 Å². The third-order valence-electron chi connectivity index (χ3n) is 4.24. The SMILES string of the molecule is Cc1cc(Nc2nccc(C(F)(F)F)n2)cc(-c2cnc(CCc3nnc(C)o3)s2)c1. The zero-order valence-corrected chi connectivity index (χ0v) is 17.4. The van der Waals surface area contributed by atoms with E-state index in [4.69, 9.17) is 4.42 Å². The van der Waals surface area contributed by atoms with E-state index in [2.05, 4.69) is 30.5 Å². The largest absolute Gasteiger partial charge is 0.433 e. The molecular weight excluding hydrogens is 429 g/mol. The van der Waals surface area contributed by atoms with Crippen LogP contribution in [0.5, 0.6) is 0 Å². The van der Waals surface area contributed by atoms with E-state index in [0.29, 0.717) is 30.3 Å². The van der Waals surface area contributed by atoms with Crippen molar-refractivity contribution in [1.29, 1.82) is 0 Å². The van der Waals surface area contributed by atoms with Crippen LogP contribution in [-0.4, -0.2) is 25.1 Å². The molecule has 0 saturated carbocycles. The minimum atomic E-state index is -4.53. The van der Waals surface area contributed by atoms with Crippen LogP contribution in [0.1, 0.15) is 28.0 Å². The number of nitrogens with zero attached hydrogens (tertiary/aromatic N) is 5. The molecule has 0 radical (unpaired) electrons. The molecule has 31 heavy (non-hydrogen) atoms. The van der Waals surface area contributed by atoms with Crippen molar-refractivity contribution >= 4 is 23.0 Å². The molecule has 0 saturated heterocycles. The highest BCUT2D eigenvalue weighted by Crippen LogP contribution is 2.31. The van der Waals surface area contributed by atoms with Gasteiger partial charge < -0.3 is 9.73 Å². The number of anilines is 2. The van der Waals surface area contributed by atoms with Crippen LogP contribution in [0.25, 0.3) is 10.4 Å². The normalized spacial score (nSPS) is 11.6. The van der Waals surface area contributed by atoms with E-state index in [1.807, 2.05) is 25.1 Å². The predicted octanol–water partition coefficient (Wildman–Crippen LogP) is 5.15. The molecule has 0 amide bonds. The van der Waals surface area contributed by atoms with E-state index in [1.165, 1.54) is 11.3 Å². The van der Waals surface area contributed by atoms with Gasteiger partial charge in [-0.2, -0.15) is 13.2 Å². The van der Waals surface area contributed by atoms with E-state index in [9.17, 15) is 13.2 Å². The molecule has 0 aliphatic rings. The number of alkyl halides is 3. The molecule has 11 heteroatoms. The molecule has 1 N–H and O–H groups in total. The fourth-order valence-electron chi connectivity index (χ4n) is 2.92. The highest BCUT2D eigenvalue weighted by Gasteiger charge is 2.32. The van der Waals surface area contributed by atoms with Crippen LogP contribution in [0, 0.1) is 13.8 Å². The van der Waals surface area contributed by atoms with Crippen molar-refractivity contribution in [2.75, 3.05) is 5.32 Å². The first kappa shape index (κ1) is 20.9. The fraction of sp³-hybridized carbons (Fsp3) is 0.250. The highest BCUT2D eigenvalue weighted by atomic mass is 32.1. The number of hydrogen-bond acceptors (Lipinski definition) is 8. The van der Waals surface area contributed by atoms with Gasteiger partial charge in [0.2, 0.25) is 17.7 Å². The van der Waals surface area contributed by atoms with Crippen molar-refractivity contribution in [3.63, 3.8) is 0 Å². The standard InChI is InChI=1S/C20H17F3N6OS/c1-11-7-13(15-10-25-18(31-15)4-3-17-29-28-12(2)30-17)9-14(8-11)26-19-24-6-5-16(27-19)20(21,22)23/h5-10H,3-4H2,1-2H3,(H,24,26,27). The van der Waals surface area contributed by atoms with Crippen LogP contribution < -0.4 is 5.32 Å². The molecule has 0 aliphatic carbocycles. The topological polar surface area (TPSA) is 89.6 Å². The molecule has 3 aromatic heterocycles. The molecule has 0 bridgehead atoms. The lowest BCUT2D eigenvalue weighted by Gasteiger charge is -2.10. The van der Waals surface area contributed by atoms with Gasteiger partial charge in [0.15, 0.2) is 0 Å². The molecular formula is C20H17F3N6OS. The van der Waals surface area contributed by atoms with Gasteiger partial charge in [-0.1, -0.05) is 6.07 Å². The summed E-state index contributed by atoms with van der Waals surface area (Å²) in [5.74, 6) is 0.975. The Labute approximate surface area is 179 Å². The second-order valence-electron chi connectivity index (χ2n) is 6.81. The second-order valence-corrected chi connectivity index (χ2v) is 7.92. The van der Waals surface area contributed by atoms with Gasteiger partial charge in [0.1, 0.15) is 5.69 Å². The minimum absolute atomic E-state index is 0.119. The zero-order valence-electron chi connectivity index (χ0n) is 16.6. The molecule has 0 atom stereocenters. The van der Waals surface area contributed by atoms with E-state index in [0.717, 1.165) is 33.3 Å². The Balaban J connectivity index is 1.51. The molecule has 3 heterocycles. The van der Waals surface area contributed by atoms with E-state index >= 15 is 0 Å². The van der Waals surface area contributed by atoms with E-state index < -0.39 is 11.9 Å². The Morgan fingerprint density at radius 3 is 2.65 bits per heavy atom. The summed E-state index contributed by atoms with van der Waals surface area (Å²) < 4.78 is 44.1. The highest BCUT2D eigenvalue weighted by molar-refractivity contribution is 7.15. The Kier molecular flexibility index (Phi) is 5.68. The maximum atomic E-state index is 12.9. The van der Waals surface area contributed by atoms with Crippen LogP contribution in [0.3, 0.4) is 0 Å². The average Bonchev–Trinajstić information content (AvgIpc) is 3.34. The van der Waals surface area contributed by atoms with Crippen LogP contribution >= 0.6 is 11.3 Å². The number of thiazole rings is 1. The van der Waals surface area contributed by atoms with Crippen LogP contribution in [0.15, 0.2) is 41.1 Å². The van der Waals surface area contributed by atoms with Crippen molar-refractivity contribution in [1.82, 2.24) is 25.1 Å². The number of hydrogen-bond donors (Lipinski definition) is 1. The van der Waals surface area contributed by atoms with Gasteiger partial charge in [-0.05, 0) is 36.2 Å². The molecule has 1 aromatic carbocycles. The lowest BCUT2D eigenvalue weighted by molar-refractivity contribution is -0.141. The first-order chi connectivity index (χ1) is 14.8. The van der Waals surface area contributed by atoms with Crippen LogP contribution in [-0.2, 0) is 19.0 Å². The van der Waals surface area contributed by atoms with Crippen molar-refractivity contribution in [2.45, 2.75) is 32.9 Å². The molecule has 0 fully saturated rings. The Morgan fingerprint density at radius 1 is 1.06 bits per heavy atom. The minimum Gasteiger partial charge on any atom is -0.426 e. The predicted molar refractivity (Wildman–Crippen MR) is 109 cm³/mol. The summed E-state index contributed by atoms with van der Waals surface area (Å²) in [6.07, 6.45) is -0.410. The second kappa shape index (κ2) is 8.42. The van der Waals surface area contributed by atoms with Gasteiger partial charge in [0.25, 0.3) is 0 Å². The maximum absolute atomic E-state index is 12.9. The Morgan fingerprint density at radius 2 is 1.90 bits per heavy atom. The smallest absolute Gasteiger partial charge is 0.426 e. The van der Waals surface area contributed by atoms with Gasteiger partial charge in [0, 0.05) is 37.8 Å². The summed E-state index contributed by atoms with van der Waals surface area (Å²) in [6.45, 7) is 3.65. The number of nitrogens with one attached hydrogen (secondary N) is 1. The molecule has 160 valence electrons. The Hall–Kier alpha value is -3.34. The van der Waals surface area contributed by atoms with Crippen molar-refractivity contribution < 1.29 is 17.6 Å². The monoisotopic (exact) mass is 446 g/mol. The quantitative estimate of drug-likeness (QED) is 0.438. The number of aryl methyl sites for hydroxylation is 4. The summed E-state index contributed by atoms with van der Waals surface area (Å²) in [4.78, 5) is 12.8. The van der Waals surface area contributed by atoms with Crippen molar-refractivity contribution in [3.8, 4) is 10.4 Å². The lowest BCUT2D eigenvalue weighted by atomic mass is 10.1. The van der Waals surface area contributed by atoms with Gasteiger partial charge in [-0.15, -0.1) is 21.5 Å². The summed E-state index contributed by atoms with van der Waals surface area (Å²) in [5, 5.41) is 11.6. The maximum Gasteiger partial charge on any atom is 0.433 e. The lowest BCUT2D eigenvalue weighted by Crippen LogP contribution is -2.10. The summed E-state index contributed by atoms with van der Waals surface area (Å²) >= 11 is 1.53.